The van der Waals surface area contributed by atoms with Gasteiger partial charge in [0.25, 0.3) is 0 Å². The van der Waals surface area contributed by atoms with E-state index < -0.39 is 0 Å². The van der Waals surface area contributed by atoms with Gasteiger partial charge in [0.2, 0.25) is 0 Å². The largest absolute Gasteiger partial charge is 0.0616 e. The molecule has 12 aromatic rings. The zero-order valence-corrected chi connectivity index (χ0v) is 34.1. The highest BCUT2D eigenvalue weighted by Gasteiger charge is 2.20. The predicted molar refractivity (Wildman–Crippen MR) is 267 cm³/mol. The maximum Gasteiger partial charge on any atom is -0.00264 e. The van der Waals surface area contributed by atoms with Gasteiger partial charge in [-0.25, -0.2) is 0 Å². The Morgan fingerprint density at radius 2 is 0.419 bits per heavy atom. The first-order valence-corrected chi connectivity index (χ1v) is 21.5. The summed E-state index contributed by atoms with van der Waals surface area (Å²) in [4.78, 5) is 0. The van der Waals surface area contributed by atoms with Crippen molar-refractivity contribution in [2.75, 3.05) is 0 Å². The lowest BCUT2D eigenvalue weighted by Crippen LogP contribution is -1.94. The van der Waals surface area contributed by atoms with Gasteiger partial charge in [-0.1, -0.05) is 243 Å². The van der Waals surface area contributed by atoms with Crippen LogP contribution in [-0.4, -0.2) is 0 Å². The van der Waals surface area contributed by atoms with Crippen molar-refractivity contribution in [2.45, 2.75) is 0 Å². The van der Waals surface area contributed by atoms with E-state index in [2.05, 4.69) is 243 Å². The third-order valence-electron chi connectivity index (χ3n) is 12.9. The lowest BCUT2D eigenvalue weighted by molar-refractivity contribution is 1.59. The van der Waals surface area contributed by atoms with Gasteiger partial charge in [0, 0.05) is 0 Å². The minimum Gasteiger partial charge on any atom is -0.0616 e. The van der Waals surface area contributed by atoms with Crippen molar-refractivity contribution in [1.82, 2.24) is 0 Å². The zero-order valence-electron chi connectivity index (χ0n) is 34.1. The molecule has 0 heterocycles. The molecule has 0 aromatic heterocycles. The molecule has 62 heavy (non-hydrogen) atoms. The topological polar surface area (TPSA) is 0 Å². The van der Waals surface area contributed by atoms with Crippen LogP contribution in [0.1, 0.15) is 0 Å². The molecule has 0 aliphatic carbocycles. The fourth-order valence-corrected chi connectivity index (χ4v) is 9.98. The predicted octanol–water partition coefficient (Wildman–Crippen LogP) is 17.5. The Morgan fingerprint density at radius 3 is 0.774 bits per heavy atom. The van der Waals surface area contributed by atoms with E-state index in [9.17, 15) is 0 Å². The Hall–Kier alpha value is -8.06. The van der Waals surface area contributed by atoms with E-state index in [1.807, 2.05) is 0 Å². The smallest absolute Gasteiger partial charge is 0.00264 e. The second-order valence-electron chi connectivity index (χ2n) is 16.3. The van der Waals surface area contributed by atoms with E-state index in [4.69, 9.17) is 0 Å². The number of fused-ring (bicyclic) bond motifs is 5. The maximum atomic E-state index is 2.38. The van der Waals surface area contributed by atoms with E-state index in [0.717, 1.165) is 0 Å². The third-order valence-corrected chi connectivity index (χ3v) is 12.9. The number of hydrogen-bond donors (Lipinski definition) is 0. The molecule has 0 heteroatoms. The zero-order chi connectivity index (χ0) is 41.0. The van der Waals surface area contributed by atoms with Gasteiger partial charge in [-0.05, 0) is 121 Å². The quantitative estimate of drug-likeness (QED) is 0.158. The summed E-state index contributed by atoms with van der Waals surface area (Å²) >= 11 is 0. The first-order valence-electron chi connectivity index (χ1n) is 21.5. The Balaban J connectivity index is 1.12. The van der Waals surface area contributed by atoms with Crippen LogP contribution in [0, 0.1) is 0 Å². The summed E-state index contributed by atoms with van der Waals surface area (Å²) in [5.74, 6) is 0. The molecule has 288 valence electrons. The second-order valence-corrected chi connectivity index (χ2v) is 16.3. The lowest BCUT2D eigenvalue weighted by Gasteiger charge is -2.21. The van der Waals surface area contributed by atoms with Crippen molar-refractivity contribution in [1.29, 1.82) is 0 Å². The molecule has 0 spiro atoms. The average molecular weight is 785 g/mol. The molecule has 12 aromatic carbocycles. The molecular weight excluding hydrogens is 745 g/mol. The molecule has 0 unspecified atom stereocenters. The van der Waals surface area contributed by atoms with Crippen LogP contribution in [0.3, 0.4) is 0 Å². The van der Waals surface area contributed by atoms with Gasteiger partial charge in [0.05, 0.1) is 0 Å². The van der Waals surface area contributed by atoms with E-state index in [-0.39, 0.29) is 0 Å². The molecule has 0 saturated heterocycles. The molecule has 0 aliphatic rings. The molecule has 0 fully saturated rings. The minimum absolute atomic E-state index is 1.19. The summed E-state index contributed by atoms with van der Waals surface area (Å²) in [6.07, 6.45) is 0. The van der Waals surface area contributed by atoms with Crippen LogP contribution in [0.25, 0.3) is 121 Å². The van der Waals surface area contributed by atoms with Crippen LogP contribution in [0.5, 0.6) is 0 Å². The molecule has 0 bridgehead atoms. The van der Waals surface area contributed by atoms with Crippen molar-refractivity contribution in [3.63, 3.8) is 0 Å². The van der Waals surface area contributed by atoms with Crippen molar-refractivity contribution >= 4 is 53.9 Å². The van der Waals surface area contributed by atoms with E-state index in [1.54, 1.807) is 0 Å². The normalized spacial score (nSPS) is 11.5. The molecule has 0 amide bonds. The Labute approximate surface area is 361 Å². The first kappa shape index (κ1) is 35.8. The minimum atomic E-state index is 1.19. The van der Waals surface area contributed by atoms with Crippen molar-refractivity contribution in [3.05, 3.63) is 243 Å². The van der Waals surface area contributed by atoms with Gasteiger partial charge in [-0.3, -0.25) is 0 Å². The number of benzene rings is 12. The van der Waals surface area contributed by atoms with Crippen LogP contribution < -0.4 is 0 Å². The lowest BCUT2D eigenvalue weighted by atomic mass is 9.82. The summed E-state index contributed by atoms with van der Waals surface area (Å²) in [7, 11) is 0. The van der Waals surface area contributed by atoms with Crippen LogP contribution in [-0.2, 0) is 0 Å². The maximum absolute atomic E-state index is 2.38. The van der Waals surface area contributed by atoms with Crippen molar-refractivity contribution < 1.29 is 0 Å². The molecule has 0 aliphatic heterocycles. The number of rotatable bonds is 6. The number of hydrogen-bond acceptors (Lipinski definition) is 0. The van der Waals surface area contributed by atoms with E-state index >= 15 is 0 Å². The molecule has 0 N–H and O–H groups in total. The SMILES string of the molecule is c1ccc2c(-c3ccc(-c4c(-c5cccc6ccccc56)ccc5c(-c6ccc(-c7cccc8ccccc78)cc6)c(-c6cccc7ccccc67)ccc45)cc3)cccc2c1. The first-order chi connectivity index (χ1) is 30.8. The van der Waals surface area contributed by atoms with Crippen LogP contribution in [0.4, 0.5) is 0 Å². The molecule has 0 radical (unpaired) electrons. The highest BCUT2D eigenvalue weighted by molar-refractivity contribution is 6.16. The Kier molecular flexibility index (Phi) is 8.61. The highest BCUT2D eigenvalue weighted by Crippen LogP contribution is 2.47. The fraction of sp³-hybridized carbons (Fsp3) is 0. The monoisotopic (exact) mass is 784 g/mol. The molecule has 0 nitrogen and oxygen atoms in total. The molecule has 12 rings (SSSR count). The van der Waals surface area contributed by atoms with E-state index in [1.165, 1.54) is 121 Å². The Morgan fingerprint density at radius 1 is 0.145 bits per heavy atom. The summed E-state index contributed by atoms with van der Waals surface area (Å²) in [5.41, 5.74) is 14.7. The molecule has 0 saturated carbocycles. The van der Waals surface area contributed by atoms with Gasteiger partial charge in [0.1, 0.15) is 0 Å². The summed E-state index contributed by atoms with van der Waals surface area (Å²) in [6.45, 7) is 0. The summed E-state index contributed by atoms with van der Waals surface area (Å²) in [5, 5.41) is 12.5. The standard InChI is InChI=1S/C62H40/c1-5-21-49-41(13-1)17-9-25-51(49)45-29-33-47(34-30-45)61-57(55-27-11-19-43-15-3-7-23-53(43)55)37-40-60-59(61)39-38-58(56-28-12-20-44-16-4-8-24-54(44)56)62(60)48-35-31-46(32-36-48)52-26-10-18-42-14-2-6-22-50(42)52/h1-40H. The van der Waals surface area contributed by atoms with Crippen LogP contribution in [0.15, 0.2) is 243 Å². The van der Waals surface area contributed by atoms with Gasteiger partial charge >= 0.3 is 0 Å². The van der Waals surface area contributed by atoms with Gasteiger partial charge in [-0.2, -0.15) is 0 Å². The second kappa shape index (κ2) is 14.9. The van der Waals surface area contributed by atoms with Gasteiger partial charge in [0.15, 0.2) is 0 Å². The van der Waals surface area contributed by atoms with Crippen LogP contribution >= 0.6 is 0 Å². The van der Waals surface area contributed by atoms with Crippen molar-refractivity contribution in [3.8, 4) is 66.8 Å². The van der Waals surface area contributed by atoms with Gasteiger partial charge in [-0.15, -0.1) is 0 Å². The Bertz CT molecular complexity index is 3400. The summed E-state index contributed by atoms with van der Waals surface area (Å²) < 4.78 is 0. The summed E-state index contributed by atoms with van der Waals surface area (Å²) in [6, 6.07) is 89.5. The van der Waals surface area contributed by atoms with E-state index in [0.29, 0.717) is 0 Å². The van der Waals surface area contributed by atoms with Crippen LogP contribution in [0.2, 0.25) is 0 Å². The molecule has 0 atom stereocenters. The fourth-order valence-electron chi connectivity index (χ4n) is 9.98. The molecular formula is C62H40. The van der Waals surface area contributed by atoms with Crippen molar-refractivity contribution in [2.24, 2.45) is 0 Å². The third kappa shape index (κ3) is 5.99. The average Bonchev–Trinajstić information content (AvgIpc) is 3.35. The highest BCUT2D eigenvalue weighted by atomic mass is 14.2. The van der Waals surface area contributed by atoms with Gasteiger partial charge < -0.3 is 0 Å².